The smallest absolute Gasteiger partial charge is 0.317 e. The molecule has 0 spiro atoms. The zero-order valence-corrected chi connectivity index (χ0v) is 11.9. The zero-order valence-electron chi connectivity index (χ0n) is 11.9. The van der Waals surface area contributed by atoms with Gasteiger partial charge in [-0.3, -0.25) is 4.79 Å². The fraction of sp³-hybridized carbons (Fsp3) is 0.846. The third kappa shape index (κ3) is 4.35. The number of hydrogen-bond donors (Lipinski definition) is 3. The van der Waals surface area contributed by atoms with Crippen LogP contribution in [0.3, 0.4) is 0 Å². The molecule has 2 amide bonds. The van der Waals surface area contributed by atoms with Crippen molar-refractivity contribution in [3.05, 3.63) is 0 Å². The summed E-state index contributed by atoms with van der Waals surface area (Å²) in [5.41, 5.74) is -0.939. The Labute approximate surface area is 118 Å². The van der Waals surface area contributed by atoms with Crippen molar-refractivity contribution in [3.63, 3.8) is 0 Å². The summed E-state index contributed by atoms with van der Waals surface area (Å²) in [6.45, 7) is 3.52. The lowest BCUT2D eigenvalue weighted by Crippen LogP contribution is -2.50. The third-order valence-electron chi connectivity index (χ3n) is 3.63. The molecule has 1 aliphatic rings. The van der Waals surface area contributed by atoms with Gasteiger partial charge in [0, 0.05) is 32.8 Å². The predicted octanol–water partition coefficient (Wildman–Crippen LogP) is 0.282. The number of aliphatic hydroxyl groups is 1. The normalized spacial score (nSPS) is 17.5. The molecule has 7 heteroatoms. The number of aliphatic hydroxyl groups excluding tert-OH is 1. The van der Waals surface area contributed by atoms with Crippen molar-refractivity contribution in [2.24, 2.45) is 5.41 Å². The van der Waals surface area contributed by atoms with E-state index in [1.54, 1.807) is 0 Å². The third-order valence-corrected chi connectivity index (χ3v) is 3.63. The van der Waals surface area contributed by atoms with E-state index >= 15 is 0 Å². The van der Waals surface area contributed by atoms with Gasteiger partial charge in [-0.15, -0.1) is 0 Å². The van der Waals surface area contributed by atoms with Crippen LogP contribution in [0.2, 0.25) is 0 Å². The minimum Gasteiger partial charge on any atom is -0.481 e. The van der Waals surface area contributed by atoms with Gasteiger partial charge in [-0.1, -0.05) is 6.92 Å². The van der Waals surface area contributed by atoms with Crippen LogP contribution in [0.5, 0.6) is 0 Å². The molecule has 1 aliphatic heterocycles. The largest absolute Gasteiger partial charge is 0.481 e. The van der Waals surface area contributed by atoms with Gasteiger partial charge < -0.3 is 25.2 Å². The topological polar surface area (TPSA) is 99.1 Å². The van der Waals surface area contributed by atoms with Gasteiger partial charge in [0.1, 0.15) is 0 Å². The lowest BCUT2D eigenvalue weighted by molar-refractivity contribution is -0.154. The van der Waals surface area contributed by atoms with Crippen molar-refractivity contribution in [2.75, 3.05) is 39.5 Å². The van der Waals surface area contributed by atoms with Gasteiger partial charge in [0.05, 0.1) is 12.0 Å². The molecular formula is C13H24N2O5. The molecule has 1 rings (SSSR count). The Hall–Kier alpha value is -1.34. The van der Waals surface area contributed by atoms with E-state index in [1.807, 2.05) is 6.92 Å². The first-order chi connectivity index (χ1) is 9.55. The summed E-state index contributed by atoms with van der Waals surface area (Å²) in [5, 5.41) is 21.0. The molecule has 1 saturated heterocycles. The van der Waals surface area contributed by atoms with Crippen LogP contribution in [-0.2, 0) is 9.53 Å². The van der Waals surface area contributed by atoms with Crippen LogP contribution in [0.15, 0.2) is 0 Å². The summed E-state index contributed by atoms with van der Waals surface area (Å²) in [7, 11) is 0. The fourth-order valence-electron chi connectivity index (χ4n) is 2.29. The SMILES string of the molecule is CCCN(CCO)C(=O)NCC1(C(=O)O)CCOCC1. The second-order valence-electron chi connectivity index (χ2n) is 5.07. The maximum absolute atomic E-state index is 12.0. The standard InChI is InChI=1S/C13H24N2O5/c1-2-5-15(6-7-16)12(19)14-10-13(11(17)18)3-8-20-9-4-13/h16H,2-10H2,1H3,(H,14,19)(H,17,18). The Morgan fingerprint density at radius 1 is 1.30 bits per heavy atom. The number of urea groups is 1. The summed E-state index contributed by atoms with van der Waals surface area (Å²) in [6, 6.07) is -0.326. The highest BCUT2D eigenvalue weighted by Crippen LogP contribution is 2.30. The minimum atomic E-state index is -0.939. The van der Waals surface area contributed by atoms with Crippen molar-refractivity contribution in [3.8, 4) is 0 Å². The number of carbonyl (C=O) groups excluding carboxylic acids is 1. The van der Waals surface area contributed by atoms with Crippen LogP contribution >= 0.6 is 0 Å². The molecule has 0 aromatic carbocycles. The minimum absolute atomic E-state index is 0.0934. The van der Waals surface area contributed by atoms with E-state index in [0.29, 0.717) is 32.6 Å². The van der Waals surface area contributed by atoms with Crippen LogP contribution in [0.1, 0.15) is 26.2 Å². The van der Waals surface area contributed by atoms with Gasteiger partial charge in [-0.25, -0.2) is 4.79 Å². The zero-order chi connectivity index (χ0) is 15.0. The fourth-order valence-corrected chi connectivity index (χ4v) is 2.29. The number of amides is 2. The first-order valence-electron chi connectivity index (χ1n) is 7.00. The Balaban J connectivity index is 2.57. The molecular weight excluding hydrogens is 264 g/mol. The number of aliphatic carboxylic acids is 1. The number of carbonyl (C=O) groups is 2. The Bertz CT molecular complexity index is 323. The van der Waals surface area contributed by atoms with Gasteiger partial charge in [0.25, 0.3) is 0 Å². The van der Waals surface area contributed by atoms with E-state index < -0.39 is 11.4 Å². The van der Waals surface area contributed by atoms with Crippen LogP contribution in [0, 0.1) is 5.41 Å². The maximum atomic E-state index is 12.0. The van der Waals surface area contributed by atoms with E-state index in [9.17, 15) is 14.7 Å². The number of hydrogen-bond acceptors (Lipinski definition) is 4. The first kappa shape index (κ1) is 16.7. The monoisotopic (exact) mass is 288 g/mol. The summed E-state index contributed by atoms with van der Waals surface area (Å²) in [6.07, 6.45) is 1.58. The van der Waals surface area contributed by atoms with Gasteiger partial charge in [-0.05, 0) is 19.3 Å². The van der Waals surface area contributed by atoms with Crippen LogP contribution in [0.4, 0.5) is 4.79 Å². The van der Waals surface area contributed by atoms with E-state index in [0.717, 1.165) is 6.42 Å². The predicted molar refractivity (Wildman–Crippen MR) is 72.5 cm³/mol. The van der Waals surface area contributed by atoms with Crippen molar-refractivity contribution in [1.82, 2.24) is 10.2 Å². The average molecular weight is 288 g/mol. The quantitative estimate of drug-likeness (QED) is 0.625. The first-order valence-corrected chi connectivity index (χ1v) is 7.00. The van der Waals surface area contributed by atoms with Crippen LogP contribution in [-0.4, -0.2) is 66.6 Å². The molecule has 20 heavy (non-hydrogen) atoms. The number of carboxylic acids is 1. The Kier molecular flexibility index (Phi) is 6.74. The van der Waals surface area contributed by atoms with Gasteiger partial charge in [-0.2, -0.15) is 0 Å². The Morgan fingerprint density at radius 3 is 2.45 bits per heavy atom. The highest BCUT2D eigenvalue weighted by Gasteiger charge is 2.40. The van der Waals surface area contributed by atoms with E-state index in [4.69, 9.17) is 9.84 Å². The molecule has 0 atom stereocenters. The second kappa shape index (κ2) is 8.06. The summed E-state index contributed by atoms with van der Waals surface area (Å²) in [4.78, 5) is 25.0. The van der Waals surface area contributed by atoms with E-state index in [1.165, 1.54) is 4.90 Å². The molecule has 1 heterocycles. The molecule has 116 valence electrons. The van der Waals surface area contributed by atoms with Crippen LogP contribution in [0.25, 0.3) is 0 Å². The number of rotatable bonds is 7. The average Bonchev–Trinajstić information content (AvgIpc) is 2.45. The Morgan fingerprint density at radius 2 is 1.95 bits per heavy atom. The lowest BCUT2D eigenvalue weighted by Gasteiger charge is -2.34. The molecule has 0 aromatic rings. The summed E-state index contributed by atoms with van der Waals surface area (Å²) >= 11 is 0. The number of carboxylic acid groups (broad SMARTS) is 1. The van der Waals surface area contributed by atoms with Gasteiger partial charge >= 0.3 is 12.0 Å². The second-order valence-corrected chi connectivity index (χ2v) is 5.07. The van der Waals surface area contributed by atoms with Crippen molar-refractivity contribution in [2.45, 2.75) is 26.2 Å². The molecule has 0 saturated carbocycles. The van der Waals surface area contributed by atoms with Crippen molar-refractivity contribution >= 4 is 12.0 Å². The highest BCUT2D eigenvalue weighted by atomic mass is 16.5. The van der Waals surface area contributed by atoms with Crippen molar-refractivity contribution < 1.29 is 24.5 Å². The molecule has 3 N–H and O–H groups in total. The number of nitrogens with zero attached hydrogens (tertiary/aromatic N) is 1. The molecule has 0 aromatic heterocycles. The summed E-state index contributed by atoms with van der Waals surface area (Å²) < 4.78 is 5.19. The number of nitrogens with one attached hydrogen (secondary N) is 1. The van der Waals surface area contributed by atoms with E-state index in [2.05, 4.69) is 5.32 Å². The maximum Gasteiger partial charge on any atom is 0.317 e. The molecule has 0 bridgehead atoms. The lowest BCUT2D eigenvalue weighted by atomic mass is 9.80. The molecule has 0 radical (unpaired) electrons. The molecule has 0 unspecified atom stereocenters. The van der Waals surface area contributed by atoms with E-state index in [-0.39, 0.29) is 25.7 Å². The molecule has 0 aliphatic carbocycles. The molecule has 7 nitrogen and oxygen atoms in total. The van der Waals surface area contributed by atoms with Gasteiger partial charge in [0.2, 0.25) is 0 Å². The number of ether oxygens (including phenoxy) is 1. The van der Waals surface area contributed by atoms with Gasteiger partial charge in [0.15, 0.2) is 0 Å². The van der Waals surface area contributed by atoms with Crippen LogP contribution < -0.4 is 5.32 Å². The van der Waals surface area contributed by atoms with Crippen molar-refractivity contribution in [1.29, 1.82) is 0 Å². The highest BCUT2D eigenvalue weighted by molar-refractivity contribution is 5.78. The summed E-state index contributed by atoms with van der Waals surface area (Å²) in [5.74, 6) is -0.898. The molecule has 1 fully saturated rings.